The molecule has 0 saturated carbocycles. The minimum atomic E-state index is -0.437. The van der Waals surface area contributed by atoms with Crippen LogP contribution in [0.5, 0.6) is 0 Å². The van der Waals surface area contributed by atoms with Gasteiger partial charge in [0.25, 0.3) is 0 Å². The summed E-state index contributed by atoms with van der Waals surface area (Å²) in [6.07, 6.45) is 5.25. The minimum absolute atomic E-state index is 0.159. The van der Waals surface area contributed by atoms with E-state index in [0.29, 0.717) is 12.1 Å². The molecule has 0 saturated heterocycles. The Kier molecular flexibility index (Phi) is 9.44. The largest absolute Gasteiger partial charge is 0.460 e. The van der Waals surface area contributed by atoms with E-state index in [1.807, 2.05) is 20.2 Å². The summed E-state index contributed by atoms with van der Waals surface area (Å²) in [4.78, 5) is 24.5. The standard InChI is InChI=1S/C14H24N2O3/c1-12(2)14(18)19-11-9-15-13(17)8-6-5-7-10-16(3)4/h6,8H,1,5,7,9-11H2,2-4H3,(H,15,17). The van der Waals surface area contributed by atoms with Crippen LogP contribution in [-0.2, 0) is 14.3 Å². The Morgan fingerprint density at radius 3 is 2.63 bits per heavy atom. The molecule has 1 amide bonds. The smallest absolute Gasteiger partial charge is 0.333 e. The lowest BCUT2D eigenvalue weighted by Crippen LogP contribution is -2.26. The molecule has 0 unspecified atom stereocenters. The fraction of sp³-hybridized carbons (Fsp3) is 0.571. The summed E-state index contributed by atoms with van der Waals surface area (Å²) in [6.45, 7) is 6.51. The normalized spacial score (nSPS) is 10.7. The zero-order valence-electron chi connectivity index (χ0n) is 12.1. The highest BCUT2D eigenvalue weighted by molar-refractivity contribution is 5.88. The number of rotatable bonds is 9. The summed E-state index contributed by atoms with van der Waals surface area (Å²) in [5.41, 5.74) is 0.354. The number of hydrogen-bond acceptors (Lipinski definition) is 4. The zero-order valence-corrected chi connectivity index (χ0v) is 12.1. The predicted molar refractivity (Wildman–Crippen MR) is 75.7 cm³/mol. The predicted octanol–water partition coefficient (Wildman–Crippen LogP) is 1.12. The van der Waals surface area contributed by atoms with E-state index in [0.717, 1.165) is 19.4 Å². The Labute approximate surface area is 115 Å². The summed E-state index contributed by atoms with van der Waals surface area (Å²) in [5.74, 6) is -0.607. The minimum Gasteiger partial charge on any atom is -0.460 e. The van der Waals surface area contributed by atoms with E-state index >= 15 is 0 Å². The van der Waals surface area contributed by atoms with Gasteiger partial charge in [-0.2, -0.15) is 0 Å². The van der Waals surface area contributed by atoms with Gasteiger partial charge in [0.1, 0.15) is 6.61 Å². The maximum absolute atomic E-state index is 11.4. The van der Waals surface area contributed by atoms with Crippen molar-refractivity contribution in [2.75, 3.05) is 33.8 Å². The molecule has 0 atom stereocenters. The lowest BCUT2D eigenvalue weighted by Gasteiger charge is -2.06. The molecule has 0 fully saturated rings. The SMILES string of the molecule is C=C(C)C(=O)OCCNC(=O)C=CCCCN(C)C. The number of hydrogen-bond donors (Lipinski definition) is 1. The van der Waals surface area contributed by atoms with Crippen LogP contribution in [0.2, 0.25) is 0 Å². The van der Waals surface area contributed by atoms with Crippen molar-refractivity contribution < 1.29 is 14.3 Å². The van der Waals surface area contributed by atoms with Crippen LogP contribution in [0, 0.1) is 0 Å². The van der Waals surface area contributed by atoms with Gasteiger partial charge in [0, 0.05) is 5.57 Å². The number of amides is 1. The molecular formula is C14H24N2O3. The first-order chi connectivity index (χ1) is 8.93. The van der Waals surface area contributed by atoms with Gasteiger partial charge in [-0.25, -0.2) is 4.79 Å². The molecule has 1 N–H and O–H groups in total. The van der Waals surface area contributed by atoms with Crippen molar-refractivity contribution >= 4 is 11.9 Å². The van der Waals surface area contributed by atoms with Gasteiger partial charge in [-0.15, -0.1) is 0 Å². The summed E-state index contributed by atoms with van der Waals surface area (Å²) >= 11 is 0. The van der Waals surface area contributed by atoms with Crippen molar-refractivity contribution in [2.45, 2.75) is 19.8 Å². The van der Waals surface area contributed by atoms with E-state index in [2.05, 4.69) is 16.8 Å². The van der Waals surface area contributed by atoms with Crippen LogP contribution >= 0.6 is 0 Å². The molecular weight excluding hydrogens is 244 g/mol. The summed E-state index contributed by atoms with van der Waals surface area (Å²) in [5, 5.41) is 2.63. The highest BCUT2D eigenvalue weighted by atomic mass is 16.5. The molecule has 0 aliphatic rings. The molecule has 0 spiro atoms. The Bertz CT molecular complexity index is 336. The maximum atomic E-state index is 11.4. The fourth-order valence-corrected chi connectivity index (χ4v) is 1.22. The van der Waals surface area contributed by atoms with E-state index in [4.69, 9.17) is 4.74 Å². The van der Waals surface area contributed by atoms with Crippen molar-refractivity contribution in [1.82, 2.24) is 10.2 Å². The second kappa shape index (κ2) is 10.3. The first-order valence-electron chi connectivity index (χ1n) is 6.35. The van der Waals surface area contributed by atoms with Crippen LogP contribution in [0.4, 0.5) is 0 Å². The van der Waals surface area contributed by atoms with Crippen LogP contribution in [0.1, 0.15) is 19.8 Å². The molecule has 0 bridgehead atoms. The monoisotopic (exact) mass is 268 g/mol. The van der Waals surface area contributed by atoms with Gasteiger partial charge in [0.05, 0.1) is 6.54 Å². The van der Waals surface area contributed by atoms with Crippen LogP contribution in [0.15, 0.2) is 24.3 Å². The van der Waals surface area contributed by atoms with Gasteiger partial charge in [0.2, 0.25) is 5.91 Å². The lowest BCUT2D eigenvalue weighted by atomic mass is 10.3. The van der Waals surface area contributed by atoms with Gasteiger partial charge < -0.3 is 15.0 Å². The number of allylic oxidation sites excluding steroid dienone is 1. The van der Waals surface area contributed by atoms with Crippen molar-refractivity contribution in [1.29, 1.82) is 0 Å². The topological polar surface area (TPSA) is 58.6 Å². The average molecular weight is 268 g/mol. The molecule has 0 aromatic rings. The zero-order chi connectivity index (χ0) is 14.7. The Balaban J connectivity index is 3.56. The highest BCUT2D eigenvalue weighted by Gasteiger charge is 2.02. The van der Waals surface area contributed by atoms with E-state index < -0.39 is 5.97 Å². The number of unbranched alkanes of at least 4 members (excludes halogenated alkanes) is 1. The van der Waals surface area contributed by atoms with E-state index in [1.54, 1.807) is 6.92 Å². The lowest BCUT2D eigenvalue weighted by molar-refractivity contribution is -0.139. The second-order valence-electron chi connectivity index (χ2n) is 4.56. The molecule has 0 rings (SSSR count). The number of nitrogens with zero attached hydrogens (tertiary/aromatic N) is 1. The number of ether oxygens (including phenoxy) is 1. The van der Waals surface area contributed by atoms with Gasteiger partial charge in [-0.1, -0.05) is 12.7 Å². The molecule has 108 valence electrons. The van der Waals surface area contributed by atoms with Crippen molar-refractivity contribution in [3.63, 3.8) is 0 Å². The average Bonchev–Trinajstić information content (AvgIpc) is 2.33. The molecule has 5 heteroatoms. The number of esters is 1. The maximum Gasteiger partial charge on any atom is 0.333 e. The molecule has 0 aliphatic heterocycles. The molecule has 5 nitrogen and oxygen atoms in total. The van der Waals surface area contributed by atoms with Crippen molar-refractivity contribution in [3.05, 3.63) is 24.3 Å². The van der Waals surface area contributed by atoms with Gasteiger partial charge >= 0.3 is 5.97 Å². The summed E-state index contributed by atoms with van der Waals surface area (Å²) in [6, 6.07) is 0. The molecule has 0 heterocycles. The molecule has 0 aromatic carbocycles. The van der Waals surface area contributed by atoms with Crippen molar-refractivity contribution in [2.24, 2.45) is 0 Å². The second-order valence-corrected chi connectivity index (χ2v) is 4.56. The first-order valence-corrected chi connectivity index (χ1v) is 6.35. The van der Waals surface area contributed by atoms with Gasteiger partial charge in [0.15, 0.2) is 0 Å². The number of nitrogens with one attached hydrogen (secondary N) is 1. The molecule has 0 aliphatic carbocycles. The molecule has 19 heavy (non-hydrogen) atoms. The van der Waals surface area contributed by atoms with Gasteiger partial charge in [-0.3, -0.25) is 4.79 Å². The molecule has 0 radical (unpaired) electrons. The Hall–Kier alpha value is -1.62. The highest BCUT2D eigenvalue weighted by Crippen LogP contribution is 1.93. The third kappa shape index (κ3) is 11.2. The van der Waals surface area contributed by atoms with Gasteiger partial charge in [-0.05, 0) is 46.5 Å². The number of carbonyl (C=O) groups is 2. The Morgan fingerprint density at radius 2 is 2.05 bits per heavy atom. The van der Waals surface area contributed by atoms with Crippen LogP contribution < -0.4 is 5.32 Å². The number of carbonyl (C=O) groups excluding carboxylic acids is 2. The van der Waals surface area contributed by atoms with Crippen LogP contribution in [-0.4, -0.2) is 50.6 Å². The summed E-state index contributed by atoms with van der Waals surface area (Å²) in [7, 11) is 4.03. The Morgan fingerprint density at radius 1 is 1.37 bits per heavy atom. The third-order valence-corrected chi connectivity index (χ3v) is 2.23. The van der Waals surface area contributed by atoms with E-state index in [-0.39, 0.29) is 12.5 Å². The van der Waals surface area contributed by atoms with E-state index in [9.17, 15) is 9.59 Å². The van der Waals surface area contributed by atoms with Crippen LogP contribution in [0.25, 0.3) is 0 Å². The fourth-order valence-electron chi connectivity index (χ4n) is 1.22. The van der Waals surface area contributed by atoms with Crippen LogP contribution in [0.3, 0.4) is 0 Å². The van der Waals surface area contributed by atoms with Crippen molar-refractivity contribution in [3.8, 4) is 0 Å². The quantitative estimate of drug-likeness (QED) is 0.387. The first kappa shape index (κ1) is 17.4. The van der Waals surface area contributed by atoms with E-state index in [1.165, 1.54) is 6.08 Å². The third-order valence-electron chi connectivity index (χ3n) is 2.23. The molecule has 0 aromatic heterocycles. The summed E-state index contributed by atoms with van der Waals surface area (Å²) < 4.78 is 4.84.